The van der Waals surface area contributed by atoms with Crippen molar-refractivity contribution in [2.75, 3.05) is 19.7 Å². The van der Waals surface area contributed by atoms with E-state index in [1.165, 1.54) is 6.33 Å². The SMILES string of the molecule is CCc1ccc(Cc2ncnc(OCC34CCN(C(=O)OC5(C)CC5)CC3C4)c2C)c(F)c1. The largest absolute Gasteiger partial charge is 0.477 e. The van der Waals surface area contributed by atoms with Crippen LogP contribution in [0.1, 0.15) is 61.9 Å². The Bertz CT molecular complexity index is 1070. The number of piperidine rings is 1. The average molecular weight is 454 g/mol. The van der Waals surface area contributed by atoms with Gasteiger partial charge in [-0.15, -0.1) is 0 Å². The normalized spacial score (nSPS) is 24.7. The number of nitrogens with zero attached hydrogens (tertiary/aromatic N) is 3. The Hall–Kier alpha value is -2.70. The minimum absolute atomic E-state index is 0.111. The van der Waals surface area contributed by atoms with Crippen molar-refractivity contribution in [3.8, 4) is 5.88 Å². The van der Waals surface area contributed by atoms with E-state index >= 15 is 0 Å². The third-order valence-corrected chi connectivity index (χ3v) is 7.75. The Labute approximate surface area is 194 Å². The molecule has 2 saturated carbocycles. The van der Waals surface area contributed by atoms with Gasteiger partial charge in [-0.05, 0) is 69.1 Å². The predicted molar refractivity (Wildman–Crippen MR) is 122 cm³/mol. The van der Waals surface area contributed by atoms with Gasteiger partial charge in [-0.3, -0.25) is 0 Å². The molecule has 33 heavy (non-hydrogen) atoms. The van der Waals surface area contributed by atoms with Crippen LogP contribution >= 0.6 is 0 Å². The van der Waals surface area contributed by atoms with Gasteiger partial charge in [-0.25, -0.2) is 19.2 Å². The standard InChI is InChI=1S/C26H32FN3O3/c1-4-18-5-6-19(21(27)11-18)12-22-17(2)23(29-16-28-22)32-15-26-9-10-30(14-20(26)13-26)24(31)33-25(3)7-8-25/h5-6,11,16,20H,4,7-10,12-15H2,1-3H3. The van der Waals surface area contributed by atoms with E-state index in [1.54, 1.807) is 6.07 Å². The number of carbonyl (C=O) groups excluding carboxylic acids is 1. The lowest BCUT2D eigenvalue weighted by atomic mass is 9.96. The zero-order valence-electron chi connectivity index (χ0n) is 19.7. The first-order valence-corrected chi connectivity index (χ1v) is 12.0. The van der Waals surface area contributed by atoms with Gasteiger partial charge in [0.05, 0.1) is 12.3 Å². The molecule has 0 N–H and O–H groups in total. The number of amides is 1. The van der Waals surface area contributed by atoms with E-state index < -0.39 is 0 Å². The number of carbonyl (C=O) groups is 1. The summed E-state index contributed by atoms with van der Waals surface area (Å²) in [5.74, 6) is 0.809. The molecule has 0 spiro atoms. The van der Waals surface area contributed by atoms with Crippen LogP contribution in [0.4, 0.5) is 9.18 Å². The Morgan fingerprint density at radius 3 is 2.79 bits per heavy atom. The quantitative estimate of drug-likeness (QED) is 0.599. The van der Waals surface area contributed by atoms with Crippen LogP contribution in [0, 0.1) is 24.1 Å². The Morgan fingerprint density at radius 2 is 2.09 bits per heavy atom. The molecule has 2 aliphatic carbocycles. The summed E-state index contributed by atoms with van der Waals surface area (Å²) < 4.78 is 26.3. The van der Waals surface area contributed by atoms with Gasteiger partial charge in [0.2, 0.25) is 5.88 Å². The van der Waals surface area contributed by atoms with E-state index in [2.05, 4.69) is 9.97 Å². The molecule has 3 fully saturated rings. The molecule has 1 aromatic carbocycles. The third-order valence-electron chi connectivity index (χ3n) is 7.75. The van der Waals surface area contributed by atoms with Crippen LogP contribution in [-0.2, 0) is 17.6 Å². The van der Waals surface area contributed by atoms with Crippen LogP contribution in [0.25, 0.3) is 0 Å². The lowest BCUT2D eigenvalue weighted by molar-refractivity contribution is 0.0439. The molecule has 2 unspecified atom stereocenters. The molecule has 7 heteroatoms. The Balaban J connectivity index is 1.19. The second-order valence-corrected chi connectivity index (χ2v) is 10.3. The first-order chi connectivity index (χ1) is 15.8. The summed E-state index contributed by atoms with van der Waals surface area (Å²) >= 11 is 0. The van der Waals surface area contributed by atoms with E-state index in [1.807, 2.05) is 37.8 Å². The van der Waals surface area contributed by atoms with Gasteiger partial charge in [0, 0.05) is 30.5 Å². The summed E-state index contributed by atoms with van der Waals surface area (Å²) in [6.07, 6.45) is 6.43. The highest BCUT2D eigenvalue weighted by Crippen LogP contribution is 2.58. The van der Waals surface area contributed by atoms with Crippen molar-refractivity contribution in [1.82, 2.24) is 14.9 Å². The number of likely N-dealkylation sites (tertiary alicyclic amines) is 1. The molecule has 6 nitrogen and oxygen atoms in total. The molecule has 0 radical (unpaired) electrons. The van der Waals surface area contributed by atoms with Crippen molar-refractivity contribution in [2.24, 2.45) is 11.3 Å². The summed E-state index contributed by atoms with van der Waals surface area (Å²) in [7, 11) is 0. The molecular formula is C26H32FN3O3. The Morgan fingerprint density at radius 1 is 1.27 bits per heavy atom. The molecule has 2 heterocycles. The number of benzene rings is 1. The fourth-order valence-electron chi connectivity index (χ4n) is 4.82. The molecule has 5 rings (SSSR count). The highest BCUT2D eigenvalue weighted by Gasteiger charge is 2.58. The number of aromatic nitrogens is 2. The van der Waals surface area contributed by atoms with Crippen LogP contribution in [0.3, 0.4) is 0 Å². The predicted octanol–water partition coefficient (Wildman–Crippen LogP) is 4.86. The Kier molecular flexibility index (Phi) is 5.53. The second-order valence-electron chi connectivity index (χ2n) is 10.3. The van der Waals surface area contributed by atoms with Gasteiger partial charge in [0.25, 0.3) is 0 Å². The highest BCUT2D eigenvalue weighted by atomic mass is 19.1. The molecule has 1 amide bonds. The van der Waals surface area contributed by atoms with E-state index in [0.717, 1.165) is 55.5 Å². The molecule has 1 aromatic heterocycles. The van der Waals surface area contributed by atoms with E-state index in [9.17, 15) is 9.18 Å². The fraction of sp³-hybridized carbons (Fsp3) is 0.577. The lowest BCUT2D eigenvalue weighted by Crippen LogP contribution is -2.42. The molecule has 2 aromatic rings. The van der Waals surface area contributed by atoms with Crippen molar-refractivity contribution in [3.63, 3.8) is 0 Å². The molecule has 0 bridgehead atoms. The van der Waals surface area contributed by atoms with Gasteiger partial charge < -0.3 is 14.4 Å². The van der Waals surface area contributed by atoms with Crippen LogP contribution in [-0.4, -0.2) is 46.3 Å². The van der Waals surface area contributed by atoms with E-state index in [0.29, 0.717) is 36.9 Å². The molecule has 1 aliphatic heterocycles. The first kappa shape index (κ1) is 22.1. The molecular weight excluding hydrogens is 421 g/mol. The van der Waals surface area contributed by atoms with Crippen molar-refractivity contribution in [1.29, 1.82) is 0 Å². The molecule has 1 saturated heterocycles. The number of aryl methyl sites for hydroxylation is 1. The monoisotopic (exact) mass is 453 g/mol. The number of ether oxygens (including phenoxy) is 2. The summed E-state index contributed by atoms with van der Waals surface area (Å²) in [6, 6.07) is 5.40. The van der Waals surface area contributed by atoms with Crippen LogP contribution < -0.4 is 4.74 Å². The maximum absolute atomic E-state index is 14.5. The summed E-state index contributed by atoms with van der Waals surface area (Å²) in [6.45, 7) is 7.96. The minimum Gasteiger partial charge on any atom is -0.477 e. The maximum atomic E-state index is 14.5. The highest BCUT2D eigenvalue weighted by molar-refractivity contribution is 5.69. The van der Waals surface area contributed by atoms with Gasteiger partial charge in [0.15, 0.2) is 0 Å². The van der Waals surface area contributed by atoms with Gasteiger partial charge in [-0.2, -0.15) is 0 Å². The summed E-state index contributed by atoms with van der Waals surface area (Å²) in [5, 5.41) is 0. The van der Waals surface area contributed by atoms with E-state index in [-0.39, 0.29) is 22.9 Å². The first-order valence-electron chi connectivity index (χ1n) is 12.0. The third kappa shape index (κ3) is 4.55. The minimum atomic E-state index is -0.235. The van der Waals surface area contributed by atoms with Crippen molar-refractivity contribution in [3.05, 3.63) is 52.7 Å². The number of hydrogen-bond donors (Lipinski definition) is 0. The average Bonchev–Trinajstić information content (AvgIpc) is 3.71. The number of hydrogen-bond acceptors (Lipinski definition) is 5. The number of rotatable bonds is 7. The molecule has 176 valence electrons. The number of halogens is 1. The van der Waals surface area contributed by atoms with Crippen LogP contribution in [0.5, 0.6) is 5.88 Å². The smallest absolute Gasteiger partial charge is 0.410 e. The summed E-state index contributed by atoms with van der Waals surface area (Å²) in [5.41, 5.74) is 3.11. The zero-order chi connectivity index (χ0) is 23.2. The molecule has 2 atom stereocenters. The van der Waals surface area contributed by atoms with Crippen LogP contribution in [0.2, 0.25) is 0 Å². The van der Waals surface area contributed by atoms with Crippen LogP contribution in [0.15, 0.2) is 24.5 Å². The van der Waals surface area contributed by atoms with E-state index in [4.69, 9.17) is 9.47 Å². The maximum Gasteiger partial charge on any atom is 0.410 e. The summed E-state index contributed by atoms with van der Waals surface area (Å²) in [4.78, 5) is 23.0. The zero-order valence-corrected chi connectivity index (χ0v) is 19.7. The van der Waals surface area contributed by atoms with Crippen molar-refractivity contribution < 1.29 is 18.7 Å². The second kappa shape index (κ2) is 8.26. The number of fused-ring (bicyclic) bond motifs is 1. The van der Waals surface area contributed by atoms with Gasteiger partial charge in [-0.1, -0.05) is 19.1 Å². The lowest BCUT2D eigenvalue weighted by Gasteiger charge is -2.31. The van der Waals surface area contributed by atoms with Gasteiger partial charge in [0.1, 0.15) is 17.7 Å². The van der Waals surface area contributed by atoms with Gasteiger partial charge >= 0.3 is 6.09 Å². The van der Waals surface area contributed by atoms with Crippen molar-refractivity contribution >= 4 is 6.09 Å². The fourth-order valence-corrected chi connectivity index (χ4v) is 4.82. The topological polar surface area (TPSA) is 64.6 Å². The molecule has 3 aliphatic rings. The van der Waals surface area contributed by atoms with Crippen molar-refractivity contribution in [2.45, 2.75) is 64.9 Å².